The molecule has 0 saturated carbocycles. The number of pyridine rings is 1. The molecule has 3 aromatic heterocycles. The van der Waals surface area contributed by atoms with E-state index in [-0.39, 0.29) is 18.1 Å². The zero-order chi connectivity index (χ0) is 20.9. The number of aryl methyl sites for hydroxylation is 1. The Morgan fingerprint density at radius 2 is 2.07 bits per heavy atom. The van der Waals surface area contributed by atoms with Crippen molar-refractivity contribution in [2.75, 3.05) is 18.0 Å². The molecule has 30 heavy (non-hydrogen) atoms. The predicted molar refractivity (Wildman–Crippen MR) is 114 cm³/mol. The van der Waals surface area contributed by atoms with Crippen LogP contribution in [0.3, 0.4) is 0 Å². The van der Waals surface area contributed by atoms with Crippen LogP contribution in [0.15, 0.2) is 39.6 Å². The van der Waals surface area contributed by atoms with Crippen molar-refractivity contribution in [3.63, 3.8) is 0 Å². The molecule has 1 saturated heterocycles. The molecular formula is C21H25N5O3S. The predicted octanol–water partition coefficient (Wildman–Crippen LogP) is 3.06. The second-order valence-corrected chi connectivity index (χ2v) is 8.26. The van der Waals surface area contributed by atoms with Crippen molar-refractivity contribution in [1.82, 2.24) is 20.5 Å². The summed E-state index contributed by atoms with van der Waals surface area (Å²) in [6, 6.07) is 5.92. The number of rotatable bonds is 7. The normalized spacial score (nSPS) is 19.1. The van der Waals surface area contributed by atoms with Crippen molar-refractivity contribution < 1.29 is 13.9 Å². The van der Waals surface area contributed by atoms with E-state index in [0.717, 1.165) is 30.0 Å². The maximum Gasteiger partial charge on any atom is 0.248 e. The van der Waals surface area contributed by atoms with Crippen LogP contribution in [-0.4, -0.2) is 46.4 Å². The lowest BCUT2D eigenvalue weighted by Crippen LogP contribution is -2.45. The Morgan fingerprint density at radius 1 is 1.23 bits per heavy atom. The highest BCUT2D eigenvalue weighted by molar-refractivity contribution is 7.08. The molecule has 1 amide bonds. The van der Waals surface area contributed by atoms with Crippen LogP contribution in [0.5, 0.6) is 0 Å². The topological polar surface area (TPSA) is 93.4 Å². The van der Waals surface area contributed by atoms with Gasteiger partial charge in [0, 0.05) is 49.6 Å². The van der Waals surface area contributed by atoms with Gasteiger partial charge in [-0.3, -0.25) is 4.79 Å². The second kappa shape index (κ2) is 9.36. The van der Waals surface area contributed by atoms with Gasteiger partial charge in [-0.2, -0.15) is 11.3 Å². The fraction of sp³-hybridized carbons (Fsp3) is 0.429. The minimum atomic E-state index is -0.0646. The average molecular weight is 428 g/mol. The Kier molecular flexibility index (Phi) is 6.39. The van der Waals surface area contributed by atoms with Gasteiger partial charge in [0.25, 0.3) is 0 Å². The SMILES string of the molecule is C[C@@H]1CN(c2ccc(CNC(=O)CCc3nnc(-c4ccsc4)o3)cn2)C[C@@H](C)O1. The highest BCUT2D eigenvalue weighted by Gasteiger charge is 2.23. The van der Waals surface area contributed by atoms with E-state index >= 15 is 0 Å². The fourth-order valence-corrected chi connectivity index (χ4v) is 4.07. The lowest BCUT2D eigenvalue weighted by molar-refractivity contribution is -0.121. The summed E-state index contributed by atoms with van der Waals surface area (Å²) in [4.78, 5) is 19.0. The van der Waals surface area contributed by atoms with Crippen molar-refractivity contribution in [2.45, 2.75) is 45.4 Å². The van der Waals surface area contributed by atoms with Gasteiger partial charge < -0.3 is 19.4 Å². The number of ether oxygens (including phenoxy) is 1. The number of anilines is 1. The van der Waals surface area contributed by atoms with Gasteiger partial charge in [-0.15, -0.1) is 10.2 Å². The van der Waals surface area contributed by atoms with Crippen LogP contribution < -0.4 is 10.2 Å². The Balaban J connectivity index is 1.23. The van der Waals surface area contributed by atoms with Crippen molar-refractivity contribution >= 4 is 23.1 Å². The van der Waals surface area contributed by atoms with Gasteiger partial charge in [0.15, 0.2) is 0 Å². The van der Waals surface area contributed by atoms with Gasteiger partial charge in [0.2, 0.25) is 17.7 Å². The Labute approximate surface area is 179 Å². The molecule has 0 radical (unpaired) electrons. The second-order valence-electron chi connectivity index (χ2n) is 7.48. The number of carbonyl (C=O) groups is 1. The molecule has 158 valence electrons. The molecule has 1 N–H and O–H groups in total. The third-order valence-corrected chi connectivity index (χ3v) is 5.53. The van der Waals surface area contributed by atoms with E-state index in [9.17, 15) is 4.79 Å². The quantitative estimate of drug-likeness (QED) is 0.619. The summed E-state index contributed by atoms with van der Waals surface area (Å²) < 4.78 is 11.4. The summed E-state index contributed by atoms with van der Waals surface area (Å²) in [7, 11) is 0. The minimum absolute atomic E-state index is 0.0646. The number of hydrogen-bond donors (Lipinski definition) is 1. The van der Waals surface area contributed by atoms with Gasteiger partial charge in [-0.05, 0) is 36.9 Å². The third-order valence-electron chi connectivity index (χ3n) is 4.84. The third kappa shape index (κ3) is 5.22. The molecule has 0 unspecified atom stereocenters. The minimum Gasteiger partial charge on any atom is -0.421 e. The van der Waals surface area contributed by atoms with Crippen LogP contribution in [0, 0.1) is 0 Å². The number of thiophene rings is 1. The fourth-order valence-electron chi connectivity index (χ4n) is 3.44. The number of nitrogens with zero attached hydrogens (tertiary/aromatic N) is 4. The molecule has 2 atom stereocenters. The number of carbonyl (C=O) groups excluding carboxylic acids is 1. The summed E-state index contributed by atoms with van der Waals surface area (Å²) >= 11 is 1.57. The molecule has 9 heteroatoms. The Morgan fingerprint density at radius 3 is 2.77 bits per heavy atom. The van der Waals surface area contributed by atoms with Crippen LogP contribution in [0.2, 0.25) is 0 Å². The van der Waals surface area contributed by atoms with Crippen LogP contribution >= 0.6 is 11.3 Å². The van der Waals surface area contributed by atoms with Crippen LogP contribution in [-0.2, 0) is 22.5 Å². The summed E-state index contributed by atoms with van der Waals surface area (Å²) in [5.41, 5.74) is 1.86. The van der Waals surface area contributed by atoms with E-state index in [1.807, 2.05) is 35.2 Å². The summed E-state index contributed by atoms with van der Waals surface area (Å²) in [6.45, 7) is 6.24. The molecule has 0 bridgehead atoms. The van der Waals surface area contributed by atoms with Crippen LogP contribution in [0.4, 0.5) is 5.82 Å². The Bertz CT molecular complexity index is 947. The Hall–Kier alpha value is -2.78. The van der Waals surface area contributed by atoms with Gasteiger partial charge >= 0.3 is 0 Å². The zero-order valence-electron chi connectivity index (χ0n) is 17.1. The van der Waals surface area contributed by atoms with Gasteiger partial charge in [-0.25, -0.2) is 4.98 Å². The van der Waals surface area contributed by atoms with Gasteiger partial charge in [-0.1, -0.05) is 6.07 Å². The van der Waals surface area contributed by atoms with Crippen molar-refractivity contribution in [1.29, 1.82) is 0 Å². The van der Waals surface area contributed by atoms with Crippen molar-refractivity contribution in [3.8, 4) is 11.5 Å². The lowest BCUT2D eigenvalue weighted by atomic mass is 10.2. The van der Waals surface area contributed by atoms with Crippen molar-refractivity contribution in [2.24, 2.45) is 0 Å². The van der Waals surface area contributed by atoms with Crippen LogP contribution in [0.1, 0.15) is 31.7 Å². The molecule has 1 fully saturated rings. The molecule has 0 aliphatic carbocycles. The first kappa shape index (κ1) is 20.5. The number of nitrogens with one attached hydrogen (secondary N) is 1. The van der Waals surface area contributed by atoms with Crippen molar-refractivity contribution in [3.05, 3.63) is 46.6 Å². The molecule has 4 heterocycles. The molecule has 3 aromatic rings. The molecule has 8 nitrogen and oxygen atoms in total. The molecule has 0 aromatic carbocycles. The smallest absolute Gasteiger partial charge is 0.248 e. The highest BCUT2D eigenvalue weighted by atomic mass is 32.1. The molecular weight excluding hydrogens is 402 g/mol. The van der Waals surface area contributed by atoms with Gasteiger partial charge in [0.1, 0.15) is 5.82 Å². The monoisotopic (exact) mass is 427 g/mol. The molecule has 1 aliphatic rings. The van der Waals surface area contributed by atoms with E-state index in [0.29, 0.717) is 31.2 Å². The number of aromatic nitrogens is 3. The molecule has 4 rings (SSSR count). The van der Waals surface area contributed by atoms with E-state index in [1.165, 1.54) is 0 Å². The molecule has 1 aliphatic heterocycles. The van der Waals surface area contributed by atoms with E-state index in [4.69, 9.17) is 9.15 Å². The number of morpholine rings is 1. The van der Waals surface area contributed by atoms with Crippen LogP contribution in [0.25, 0.3) is 11.5 Å². The van der Waals surface area contributed by atoms with Gasteiger partial charge in [0.05, 0.1) is 12.2 Å². The maximum absolute atomic E-state index is 12.2. The zero-order valence-corrected chi connectivity index (χ0v) is 17.9. The largest absolute Gasteiger partial charge is 0.421 e. The lowest BCUT2D eigenvalue weighted by Gasteiger charge is -2.36. The highest BCUT2D eigenvalue weighted by Crippen LogP contribution is 2.21. The maximum atomic E-state index is 12.2. The number of hydrogen-bond acceptors (Lipinski definition) is 8. The van der Waals surface area contributed by atoms with E-state index in [1.54, 1.807) is 11.3 Å². The summed E-state index contributed by atoms with van der Waals surface area (Å²) in [5, 5.41) is 14.9. The number of amides is 1. The molecule has 0 spiro atoms. The first-order chi connectivity index (χ1) is 14.6. The van der Waals surface area contributed by atoms with E-state index in [2.05, 4.69) is 39.2 Å². The average Bonchev–Trinajstić information content (AvgIpc) is 3.42. The standard InChI is InChI=1S/C21H25N5O3S/c1-14-11-26(12-15(2)28-14)18-4-3-16(9-22-18)10-23-19(27)5-6-20-24-25-21(29-20)17-7-8-30-13-17/h3-4,7-9,13-15H,5-6,10-12H2,1-2H3,(H,23,27)/t14-,15-/m1/s1. The van der Waals surface area contributed by atoms with E-state index < -0.39 is 0 Å². The first-order valence-corrected chi connectivity index (χ1v) is 11.0. The summed E-state index contributed by atoms with van der Waals surface area (Å²) in [6.07, 6.45) is 2.89. The first-order valence-electron chi connectivity index (χ1n) is 10.0. The summed E-state index contributed by atoms with van der Waals surface area (Å²) in [5.74, 6) is 1.82.